The number of rotatable bonds is 10. The van der Waals surface area contributed by atoms with Crippen LogP contribution >= 0.6 is 11.8 Å². The quantitative estimate of drug-likeness (QED) is 0.347. The number of hydrogen-bond donors (Lipinski definition) is 1. The summed E-state index contributed by atoms with van der Waals surface area (Å²) in [6.07, 6.45) is 8.60. The summed E-state index contributed by atoms with van der Waals surface area (Å²) in [4.78, 5) is 1.32. The topological polar surface area (TPSA) is 12.0 Å². The molecule has 0 bridgehead atoms. The fourth-order valence-electron chi connectivity index (χ4n) is 1.84. The van der Waals surface area contributed by atoms with Gasteiger partial charge in [-0.1, -0.05) is 50.8 Å². The zero-order chi connectivity index (χ0) is 13.1. The summed E-state index contributed by atoms with van der Waals surface area (Å²) in [5.74, 6) is 0.967. The number of nitrogens with one attached hydrogen (secondary N) is 1. The number of benzene rings is 1. The Bertz CT molecular complexity index is 336. The summed E-state index contributed by atoms with van der Waals surface area (Å²) in [6.45, 7) is 7.10. The molecule has 0 aliphatic heterocycles. The van der Waals surface area contributed by atoms with Gasteiger partial charge in [0.05, 0.1) is 0 Å². The predicted molar refractivity (Wildman–Crippen MR) is 84.6 cm³/mol. The maximum atomic E-state index is 3.77. The van der Waals surface area contributed by atoms with Crippen molar-refractivity contribution in [3.05, 3.63) is 36.9 Å². The molecule has 1 N–H and O–H groups in total. The molecule has 1 rings (SSSR count). The summed E-state index contributed by atoms with van der Waals surface area (Å²) in [7, 11) is 0. The molecule has 0 atom stereocenters. The lowest BCUT2D eigenvalue weighted by Gasteiger charge is -2.10. The molecule has 0 radical (unpaired) electrons. The molecule has 0 aliphatic carbocycles. The van der Waals surface area contributed by atoms with Crippen LogP contribution in [0.15, 0.2) is 41.8 Å². The minimum atomic E-state index is 0.967. The van der Waals surface area contributed by atoms with E-state index in [1.165, 1.54) is 42.7 Å². The molecule has 100 valence electrons. The molecular weight excluding hydrogens is 238 g/mol. The van der Waals surface area contributed by atoms with E-state index in [0.29, 0.717) is 0 Å². The van der Waals surface area contributed by atoms with Crippen molar-refractivity contribution in [2.24, 2.45) is 0 Å². The highest BCUT2D eigenvalue weighted by Gasteiger charge is 2.00. The van der Waals surface area contributed by atoms with E-state index in [0.717, 1.165) is 12.3 Å². The van der Waals surface area contributed by atoms with Gasteiger partial charge in [0.15, 0.2) is 0 Å². The van der Waals surface area contributed by atoms with Gasteiger partial charge in [0.1, 0.15) is 0 Å². The zero-order valence-electron chi connectivity index (χ0n) is 11.5. The first-order chi connectivity index (χ1) is 8.88. The van der Waals surface area contributed by atoms with E-state index in [1.807, 2.05) is 17.8 Å². The first-order valence-electron chi connectivity index (χ1n) is 6.95. The van der Waals surface area contributed by atoms with E-state index in [1.54, 1.807) is 0 Å². The Morgan fingerprint density at radius 3 is 2.72 bits per heavy atom. The van der Waals surface area contributed by atoms with Gasteiger partial charge < -0.3 is 5.32 Å². The van der Waals surface area contributed by atoms with Gasteiger partial charge >= 0.3 is 0 Å². The second-order valence-corrected chi connectivity index (χ2v) is 5.50. The van der Waals surface area contributed by atoms with Crippen molar-refractivity contribution in [2.45, 2.75) is 43.9 Å². The first kappa shape index (κ1) is 15.2. The standard InChI is InChI=1S/C16H25NS/c1-3-5-6-7-10-13-17-15-11-8-9-12-16(15)18-14-4-2/h4,8-9,11-12,17H,2-3,5-7,10,13-14H2,1H3. The van der Waals surface area contributed by atoms with Crippen molar-refractivity contribution in [1.82, 2.24) is 0 Å². The molecule has 1 aromatic carbocycles. The molecule has 1 nitrogen and oxygen atoms in total. The Hall–Kier alpha value is -0.890. The van der Waals surface area contributed by atoms with E-state index in [2.05, 4.69) is 43.1 Å². The highest BCUT2D eigenvalue weighted by atomic mass is 32.2. The molecule has 0 saturated carbocycles. The van der Waals surface area contributed by atoms with E-state index in [4.69, 9.17) is 0 Å². The number of hydrogen-bond acceptors (Lipinski definition) is 2. The van der Waals surface area contributed by atoms with Crippen LogP contribution in [0.25, 0.3) is 0 Å². The summed E-state index contributed by atoms with van der Waals surface area (Å²) < 4.78 is 0. The van der Waals surface area contributed by atoms with E-state index in [-0.39, 0.29) is 0 Å². The van der Waals surface area contributed by atoms with Crippen LogP contribution in [0.3, 0.4) is 0 Å². The zero-order valence-corrected chi connectivity index (χ0v) is 12.3. The molecule has 0 saturated heterocycles. The number of thioether (sulfide) groups is 1. The summed E-state index contributed by atoms with van der Waals surface area (Å²) >= 11 is 1.84. The minimum Gasteiger partial charge on any atom is -0.384 e. The van der Waals surface area contributed by atoms with Crippen LogP contribution in [0, 0.1) is 0 Å². The Balaban J connectivity index is 2.29. The van der Waals surface area contributed by atoms with Gasteiger partial charge in [-0.15, -0.1) is 18.3 Å². The van der Waals surface area contributed by atoms with Gasteiger partial charge in [0.25, 0.3) is 0 Å². The van der Waals surface area contributed by atoms with Crippen molar-refractivity contribution >= 4 is 17.4 Å². The first-order valence-corrected chi connectivity index (χ1v) is 7.93. The van der Waals surface area contributed by atoms with Gasteiger partial charge in [-0.05, 0) is 18.6 Å². The molecule has 18 heavy (non-hydrogen) atoms. The smallest absolute Gasteiger partial charge is 0.0478 e. The lowest BCUT2D eigenvalue weighted by molar-refractivity contribution is 0.645. The maximum absolute atomic E-state index is 3.77. The number of unbranched alkanes of at least 4 members (excludes halogenated alkanes) is 4. The van der Waals surface area contributed by atoms with Crippen LogP contribution in [-0.2, 0) is 0 Å². The monoisotopic (exact) mass is 263 g/mol. The third-order valence-electron chi connectivity index (χ3n) is 2.84. The van der Waals surface area contributed by atoms with Crippen LogP contribution in [-0.4, -0.2) is 12.3 Å². The van der Waals surface area contributed by atoms with Crippen molar-refractivity contribution in [3.63, 3.8) is 0 Å². The molecule has 0 aliphatic rings. The average molecular weight is 263 g/mol. The highest BCUT2D eigenvalue weighted by molar-refractivity contribution is 7.99. The third-order valence-corrected chi connectivity index (χ3v) is 3.91. The molecule has 0 spiro atoms. The summed E-state index contributed by atoms with van der Waals surface area (Å²) in [5.41, 5.74) is 1.26. The van der Waals surface area contributed by atoms with Crippen LogP contribution < -0.4 is 5.32 Å². The second-order valence-electron chi connectivity index (χ2n) is 4.44. The van der Waals surface area contributed by atoms with Gasteiger partial charge in [0, 0.05) is 22.9 Å². The highest BCUT2D eigenvalue weighted by Crippen LogP contribution is 2.26. The Labute approximate surface area is 116 Å². The molecule has 0 amide bonds. The summed E-state index contributed by atoms with van der Waals surface area (Å²) in [5, 5.41) is 3.54. The van der Waals surface area contributed by atoms with Gasteiger partial charge in [0.2, 0.25) is 0 Å². The molecule has 0 unspecified atom stereocenters. The van der Waals surface area contributed by atoms with Crippen molar-refractivity contribution in [1.29, 1.82) is 0 Å². The SMILES string of the molecule is C=CCSc1ccccc1NCCCCCCC. The number of anilines is 1. The lowest BCUT2D eigenvalue weighted by Crippen LogP contribution is -2.02. The van der Waals surface area contributed by atoms with Crippen LogP contribution in [0.5, 0.6) is 0 Å². The summed E-state index contributed by atoms with van der Waals surface area (Å²) in [6, 6.07) is 8.53. The molecule has 0 heterocycles. The average Bonchev–Trinajstić information content (AvgIpc) is 2.41. The van der Waals surface area contributed by atoms with E-state index in [9.17, 15) is 0 Å². The van der Waals surface area contributed by atoms with Crippen molar-refractivity contribution < 1.29 is 0 Å². The fraction of sp³-hybridized carbons (Fsp3) is 0.500. The maximum Gasteiger partial charge on any atom is 0.0478 e. The minimum absolute atomic E-state index is 0.967. The van der Waals surface area contributed by atoms with Crippen LogP contribution in [0.2, 0.25) is 0 Å². The van der Waals surface area contributed by atoms with Crippen molar-refractivity contribution in [3.8, 4) is 0 Å². The third kappa shape index (κ3) is 6.15. The molecule has 0 aromatic heterocycles. The molecule has 2 heteroatoms. The van der Waals surface area contributed by atoms with E-state index < -0.39 is 0 Å². The lowest BCUT2D eigenvalue weighted by atomic mass is 10.1. The normalized spacial score (nSPS) is 10.3. The molecule has 0 fully saturated rings. The molecular formula is C16H25NS. The van der Waals surface area contributed by atoms with Gasteiger partial charge in [-0.2, -0.15) is 0 Å². The second kappa shape index (κ2) is 10.1. The van der Waals surface area contributed by atoms with Gasteiger partial charge in [-0.3, -0.25) is 0 Å². The fourth-order valence-corrected chi connectivity index (χ4v) is 2.61. The Morgan fingerprint density at radius 1 is 1.17 bits per heavy atom. The van der Waals surface area contributed by atoms with Gasteiger partial charge in [-0.25, -0.2) is 0 Å². The largest absolute Gasteiger partial charge is 0.384 e. The van der Waals surface area contributed by atoms with Crippen LogP contribution in [0.1, 0.15) is 39.0 Å². The predicted octanol–water partition coefficient (Wildman–Crippen LogP) is 5.35. The Kier molecular flexibility index (Phi) is 8.49. The van der Waals surface area contributed by atoms with Crippen LogP contribution in [0.4, 0.5) is 5.69 Å². The Morgan fingerprint density at radius 2 is 1.94 bits per heavy atom. The van der Waals surface area contributed by atoms with Crippen molar-refractivity contribution in [2.75, 3.05) is 17.6 Å². The van der Waals surface area contributed by atoms with E-state index >= 15 is 0 Å². The molecule has 1 aromatic rings. The number of para-hydroxylation sites is 1.